The van der Waals surface area contributed by atoms with Gasteiger partial charge in [-0.05, 0) is 44.1 Å². The second-order valence-corrected chi connectivity index (χ2v) is 6.53. The molecule has 108 valence electrons. The molecule has 0 saturated heterocycles. The van der Waals surface area contributed by atoms with Gasteiger partial charge < -0.3 is 14.8 Å². The molecule has 0 aromatic heterocycles. The summed E-state index contributed by atoms with van der Waals surface area (Å²) in [5.41, 5.74) is 0.396. The molecule has 1 rings (SSSR count). The van der Waals surface area contributed by atoms with E-state index in [1.54, 1.807) is 7.11 Å². The van der Waals surface area contributed by atoms with Gasteiger partial charge in [0.25, 0.3) is 0 Å². The molecule has 3 nitrogen and oxygen atoms in total. The van der Waals surface area contributed by atoms with Gasteiger partial charge in [-0.15, -0.1) is 0 Å². The van der Waals surface area contributed by atoms with Crippen molar-refractivity contribution < 1.29 is 9.47 Å². The first-order valence-corrected chi connectivity index (χ1v) is 7.26. The van der Waals surface area contributed by atoms with Crippen LogP contribution in [0.3, 0.4) is 0 Å². The van der Waals surface area contributed by atoms with E-state index < -0.39 is 0 Å². The number of rotatable bonds is 6. The fourth-order valence-electron chi connectivity index (χ4n) is 2.87. The fraction of sp³-hybridized carbons (Fsp3) is 1.00. The van der Waals surface area contributed by atoms with E-state index in [0.29, 0.717) is 17.6 Å². The van der Waals surface area contributed by atoms with Crippen molar-refractivity contribution >= 4 is 0 Å². The van der Waals surface area contributed by atoms with Crippen molar-refractivity contribution in [1.29, 1.82) is 0 Å². The van der Waals surface area contributed by atoms with Gasteiger partial charge in [-0.3, -0.25) is 0 Å². The predicted octanol–water partition coefficient (Wildman–Crippen LogP) is 2.84. The molecule has 0 amide bonds. The second-order valence-electron chi connectivity index (χ2n) is 6.53. The van der Waals surface area contributed by atoms with Crippen molar-refractivity contribution in [2.24, 2.45) is 11.3 Å². The van der Waals surface area contributed by atoms with E-state index in [4.69, 9.17) is 9.47 Å². The maximum Gasteiger partial charge on any atom is 0.0730 e. The first-order valence-electron chi connectivity index (χ1n) is 7.26. The molecule has 0 radical (unpaired) electrons. The largest absolute Gasteiger partial charge is 0.385 e. The van der Waals surface area contributed by atoms with Gasteiger partial charge in [0, 0.05) is 26.4 Å². The Hall–Kier alpha value is -0.120. The molecule has 18 heavy (non-hydrogen) atoms. The van der Waals surface area contributed by atoms with Gasteiger partial charge in [0.1, 0.15) is 0 Å². The van der Waals surface area contributed by atoms with Crippen molar-refractivity contribution in [3.8, 4) is 0 Å². The van der Waals surface area contributed by atoms with Crippen LogP contribution in [0, 0.1) is 11.3 Å². The number of hydrogen-bond acceptors (Lipinski definition) is 3. The summed E-state index contributed by atoms with van der Waals surface area (Å²) < 4.78 is 11.1. The average molecular weight is 257 g/mol. The quantitative estimate of drug-likeness (QED) is 0.742. The molecule has 0 aliphatic heterocycles. The summed E-state index contributed by atoms with van der Waals surface area (Å²) in [6, 6.07) is 0.520. The normalized spacial score (nSPS) is 29.5. The van der Waals surface area contributed by atoms with Crippen molar-refractivity contribution in [3.63, 3.8) is 0 Å². The molecule has 0 heterocycles. The molecule has 0 aromatic rings. The number of nitrogens with one attached hydrogen (secondary N) is 1. The first kappa shape index (κ1) is 15.9. The molecule has 1 aliphatic carbocycles. The Bertz CT molecular complexity index is 225. The van der Waals surface area contributed by atoms with Gasteiger partial charge >= 0.3 is 0 Å². The number of methoxy groups -OCH3 is 1. The van der Waals surface area contributed by atoms with E-state index in [1.807, 2.05) is 7.05 Å². The molecular formula is C15H31NO2. The van der Waals surface area contributed by atoms with Gasteiger partial charge in [0.2, 0.25) is 0 Å². The predicted molar refractivity (Wildman–Crippen MR) is 75.9 cm³/mol. The standard InChI is InChI=1S/C15H31NO2/c1-15(2,3)12-7-8-13(16-4)14(11-12)18-10-6-9-17-5/h12-14,16H,6-11H2,1-5H3. The zero-order valence-electron chi connectivity index (χ0n) is 12.8. The van der Waals surface area contributed by atoms with E-state index in [0.717, 1.165) is 25.6 Å². The van der Waals surface area contributed by atoms with Crippen molar-refractivity contribution in [1.82, 2.24) is 5.32 Å². The molecule has 1 saturated carbocycles. The van der Waals surface area contributed by atoms with Crippen molar-refractivity contribution in [2.45, 2.75) is 58.6 Å². The van der Waals surface area contributed by atoms with Crippen LogP contribution in [0.1, 0.15) is 46.5 Å². The zero-order chi connectivity index (χ0) is 13.6. The fourth-order valence-corrected chi connectivity index (χ4v) is 2.87. The van der Waals surface area contributed by atoms with E-state index >= 15 is 0 Å². The monoisotopic (exact) mass is 257 g/mol. The molecule has 0 aromatic carbocycles. The molecular weight excluding hydrogens is 226 g/mol. The van der Waals surface area contributed by atoms with Crippen molar-refractivity contribution in [2.75, 3.05) is 27.4 Å². The summed E-state index contributed by atoms with van der Waals surface area (Å²) >= 11 is 0. The maximum atomic E-state index is 6.07. The zero-order valence-corrected chi connectivity index (χ0v) is 12.8. The van der Waals surface area contributed by atoms with Crippen LogP contribution in [0.5, 0.6) is 0 Å². The highest BCUT2D eigenvalue weighted by molar-refractivity contribution is 4.89. The van der Waals surface area contributed by atoms with Gasteiger partial charge in [-0.25, -0.2) is 0 Å². The van der Waals surface area contributed by atoms with Crippen LogP contribution in [0.2, 0.25) is 0 Å². The lowest BCUT2D eigenvalue weighted by Crippen LogP contribution is -2.46. The summed E-state index contributed by atoms with van der Waals surface area (Å²) in [4.78, 5) is 0. The minimum absolute atomic E-state index is 0.366. The van der Waals surface area contributed by atoms with Gasteiger partial charge in [0.05, 0.1) is 6.10 Å². The average Bonchev–Trinajstić information content (AvgIpc) is 2.33. The third-order valence-corrected chi connectivity index (χ3v) is 4.21. The first-order chi connectivity index (χ1) is 8.49. The van der Waals surface area contributed by atoms with E-state index in [9.17, 15) is 0 Å². The topological polar surface area (TPSA) is 30.5 Å². The Morgan fingerprint density at radius 3 is 2.44 bits per heavy atom. The van der Waals surface area contributed by atoms with Crippen LogP contribution in [-0.2, 0) is 9.47 Å². The van der Waals surface area contributed by atoms with Crippen molar-refractivity contribution in [3.05, 3.63) is 0 Å². The Labute approximate surface area is 113 Å². The highest BCUT2D eigenvalue weighted by atomic mass is 16.5. The molecule has 3 atom stereocenters. The summed E-state index contributed by atoms with van der Waals surface area (Å²) in [5.74, 6) is 0.773. The van der Waals surface area contributed by atoms with Crippen LogP contribution in [0.15, 0.2) is 0 Å². The Morgan fingerprint density at radius 2 is 1.89 bits per heavy atom. The lowest BCUT2D eigenvalue weighted by atomic mass is 9.70. The van der Waals surface area contributed by atoms with Crippen LogP contribution in [0.4, 0.5) is 0 Å². The summed E-state index contributed by atoms with van der Waals surface area (Å²) in [7, 11) is 3.79. The number of hydrogen-bond donors (Lipinski definition) is 1. The Morgan fingerprint density at radius 1 is 1.17 bits per heavy atom. The molecule has 1 fully saturated rings. The second kappa shape index (κ2) is 7.46. The maximum absolute atomic E-state index is 6.07. The molecule has 1 aliphatic rings. The van der Waals surface area contributed by atoms with Crippen LogP contribution in [-0.4, -0.2) is 39.5 Å². The van der Waals surface area contributed by atoms with Gasteiger partial charge in [-0.2, -0.15) is 0 Å². The highest BCUT2D eigenvalue weighted by Gasteiger charge is 2.35. The van der Waals surface area contributed by atoms with E-state index in [-0.39, 0.29) is 0 Å². The lowest BCUT2D eigenvalue weighted by molar-refractivity contribution is -0.0311. The summed E-state index contributed by atoms with van der Waals surface area (Å²) in [6.45, 7) is 8.64. The minimum atomic E-state index is 0.366. The summed E-state index contributed by atoms with van der Waals surface area (Å²) in [6.07, 6.45) is 5.08. The third kappa shape index (κ3) is 4.87. The molecule has 0 bridgehead atoms. The van der Waals surface area contributed by atoms with E-state index in [1.165, 1.54) is 19.3 Å². The van der Waals surface area contributed by atoms with Crippen LogP contribution in [0.25, 0.3) is 0 Å². The van der Waals surface area contributed by atoms with Crippen LogP contribution < -0.4 is 5.32 Å². The lowest BCUT2D eigenvalue weighted by Gasteiger charge is -2.41. The Kier molecular flexibility index (Phi) is 6.61. The number of likely N-dealkylation sites (N-methyl/N-ethyl adjacent to an activating group) is 1. The third-order valence-electron chi connectivity index (χ3n) is 4.21. The van der Waals surface area contributed by atoms with Gasteiger partial charge in [-0.1, -0.05) is 20.8 Å². The Balaban J connectivity index is 2.43. The minimum Gasteiger partial charge on any atom is -0.385 e. The highest BCUT2D eigenvalue weighted by Crippen LogP contribution is 2.38. The smallest absolute Gasteiger partial charge is 0.0730 e. The molecule has 0 spiro atoms. The molecule has 1 N–H and O–H groups in total. The van der Waals surface area contributed by atoms with E-state index in [2.05, 4.69) is 26.1 Å². The molecule has 3 heteroatoms. The van der Waals surface area contributed by atoms with Gasteiger partial charge in [0.15, 0.2) is 0 Å². The van der Waals surface area contributed by atoms with Crippen LogP contribution >= 0.6 is 0 Å². The SMILES string of the molecule is CNC1CCC(C(C)(C)C)CC1OCCCOC. The summed E-state index contributed by atoms with van der Waals surface area (Å²) in [5, 5.41) is 3.41. The molecule has 3 unspecified atom stereocenters. The number of ether oxygens (including phenoxy) is 2.